The molecule has 0 saturated carbocycles. The van der Waals surface area contributed by atoms with Crippen LogP contribution in [-0.2, 0) is 6.42 Å². The van der Waals surface area contributed by atoms with Crippen LogP contribution in [0.2, 0.25) is 0 Å². The normalized spacial score (nSPS) is 11.5. The third-order valence-corrected chi connectivity index (χ3v) is 2.30. The lowest BCUT2D eigenvalue weighted by molar-refractivity contribution is -0.870. The maximum Gasteiger partial charge on any atom is 0.126 e. The zero-order valence-electron chi connectivity index (χ0n) is 9.88. The minimum absolute atomic E-state index is 0.149. The molecule has 3 heteroatoms. The van der Waals surface area contributed by atoms with Gasteiger partial charge in [-0.2, -0.15) is 0 Å². The van der Waals surface area contributed by atoms with Crippen molar-refractivity contribution in [1.82, 2.24) is 0 Å². The number of ether oxygens (including phenoxy) is 1. The van der Waals surface area contributed by atoms with Gasteiger partial charge in [0.25, 0.3) is 0 Å². The van der Waals surface area contributed by atoms with Crippen molar-refractivity contribution in [2.24, 2.45) is 0 Å². The third-order valence-electron chi connectivity index (χ3n) is 2.30. The van der Waals surface area contributed by atoms with E-state index < -0.39 is 0 Å². The third kappa shape index (κ3) is 3.88. The molecule has 0 fully saturated rings. The Morgan fingerprint density at radius 2 is 1.93 bits per heavy atom. The second-order valence-electron chi connectivity index (χ2n) is 4.72. The molecule has 0 saturated heterocycles. The van der Waals surface area contributed by atoms with Crippen molar-refractivity contribution in [2.45, 2.75) is 6.42 Å². The number of hydrogen-bond donors (Lipinski definition) is 0. The first-order valence-corrected chi connectivity index (χ1v) is 5.05. The minimum Gasteiger partial charge on any atom is -0.497 e. The number of methoxy groups -OCH3 is 1. The Bertz CT molecular complexity index is 331. The average molecular weight is 212 g/mol. The van der Waals surface area contributed by atoms with E-state index in [4.69, 9.17) is 4.74 Å². The molecule has 0 radical (unpaired) electrons. The smallest absolute Gasteiger partial charge is 0.126 e. The van der Waals surface area contributed by atoms with Gasteiger partial charge in [0.15, 0.2) is 0 Å². The van der Waals surface area contributed by atoms with Crippen LogP contribution in [0.1, 0.15) is 5.56 Å². The van der Waals surface area contributed by atoms with Gasteiger partial charge in [-0.1, -0.05) is 0 Å². The highest BCUT2D eigenvalue weighted by Crippen LogP contribution is 2.17. The van der Waals surface area contributed by atoms with Gasteiger partial charge in [-0.15, -0.1) is 0 Å². The molecule has 0 atom stereocenters. The van der Waals surface area contributed by atoms with Crippen molar-refractivity contribution < 1.29 is 13.6 Å². The molecule has 0 aliphatic carbocycles. The highest BCUT2D eigenvalue weighted by atomic mass is 19.1. The van der Waals surface area contributed by atoms with Gasteiger partial charge in [0.05, 0.1) is 34.8 Å². The lowest BCUT2D eigenvalue weighted by atomic mass is 10.1. The Kier molecular flexibility index (Phi) is 3.69. The number of halogens is 1. The van der Waals surface area contributed by atoms with Gasteiger partial charge in [-0.05, 0) is 23.8 Å². The largest absolute Gasteiger partial charge is 0.497 e. The number of benzene rings is 1. The van der Waals surface area contributed by atoms with Crippen LogP contribution in [0.5, 0.6) is 5.75 Å². The maximum atomic E-state index is 13.4. The summed E-state index contributed by atoms with van der Waals surface area (Å²) in [6.45, 7) is 0.907. The summed E-state index contributed by atoms with van der Waals surface area (Å²) in [5.74, 6) is 0.567. The fraction of sp³-hybridized carbons (Fsp3) is 0.500. The molecule has 15 heavy (non-hydrogen) atoms. The van der Waals surface area contributed by atoms with Gasteiger partial charge in [-0.3, -0.25) is 0 Å². The van der Waals surface area contributed by atoms with Gasteiger partial charge in [0.2, 0.25) is 0 Å². The number of rotatable bonds is 4. The van der Waals surface area contributed by atoms with Crippen molar-refractivity contribution in [3.05, 3.63) is 29.6 Å². The Morgan fingerprint density at radius 3 is 2.47 bits per heavy atom. The molecular weight excluding hydrogens is 193 g/mol. The second kappa shape index (κ2) is 4.62. The van der Waals surface area contributed by atoms with Gasteiger partial charge >= 0.3 is 0 Å². The quantitative estimate of drug-likeness (QED) is 0.694. The molecular formula is C12H19FNO+. The molecule has 0 aromatic heterocycles. The first kappa shape index (κ1) is 12.0. The van der Waals surface area contributed by atoms with E-state index in [1.807, 2.05) is 0 Å². The summed E-state index contributed by atoms with van der Waals surface area (Å²) in [5, 5.41) is 0. The SMILES string of the molecule is COc1ccc(F)c(CC[N+](C)(C)C)c1. The fourth-order valence-electron chi connectivity index (χ4n) is 1.33. The summed E-state index contributed by atoms with van der Waals surface area (Å²) in [7, 11) is 7.88. The van der Waals surface area contributed by atoms with Crippen LogP contribution in [0, 0.1) is 5.82 Å². The molecule has 0 spiro atoms. The van der Waals surface area contributed by atoms with Crippen molar-refractivity contribution in [2.75, 3.05) is 34.8 Å². The fourth-order valence-corrected chi connectivity index (χ4v) is 1.33. The van der Waals surface area contributed by atoms with E-state index in [9.17, 15) is 4.39 Å². The average Bonchev–Trinajstić information content (AvgIpc) is 2.15. The monoisotopic (exact) mass is 212 g/mol. The van der Waals surface area contributed by atoms with Crippen molar-refractivity contribution in [3.63, 3.8) is 0 Å². The standard InChI is InChI=1S/C12H19FNO/c1-14(2,3)8-7-10-9-11(15-4)5-6-12(10)13/h5-6,9H,7-8H2,1-4H3/q+1. The number of hydrogen-bond acceptors (Lipinski definition) is 1. The van der Waals surface area contributed by atoms with Crippen LogP contribution in [0.4, 0.5) is 4.39 Å². The van der Waals surface area contributed by atoms with Gasteiger partial charge in [0, 0.05) is 6.42 Å². The summed E-state index contributed by atoms with van der Waals surface area (Å²) < 4.78 is 19.3. The van der Waals surface area contributed by atoms with E-state index in [1.54, 1.807) is 19.2 Å². The highest BCUT2D eigenvalue weighted by molar-refractivity contribution is 5.29. The van der Waals surface area contributed by atoms with Crippen molar-refractivity contribution >= 4 is 0 Å². The summed E-state index contributed by atoms with van der Waals surface area (Å²) in [5.41, 5.74) is 0.724. The lowest BCUT2D eigenvalue weighted by Gasteiger charge is -2.23. The van der Waals surface area contributed by atoms with E-state index in [0.717, 1.165) is 23.0 Å². The summed E-state index contributed by atoms with van der Waals surface area (Å²) >= 11 is 0. The Balaban J connectivity index is 2.75. The molecule has 0 amide bonds. The summed E-state index contributed by atoms with van der Waals surface area (Å²) in [6.07, 6.45) is 0.729. The molecule has 0 aliphatic rings. The molecule has 1 aromatic rings. The van der Waals surface area contributed by atoms with E-state index in [-0.39, 0.29) is 5.82 Å². The maximum absolute atomic E-state index is 13.4. The predicted molar refractivity (Wildman–Crippen MR) is 59.6 cm³/mol. The second-order valence-corrected chi connectivity index (χ2v) is 4.72. The molecule has 84 valence electrons. The predicted octanol–water partition coefficient (Wildman–Crippen LogP) is 2.08. The Morgan fingerprint density at radius 1 is 1.27 bits per heavy atom. The lowest BCUT2D eigenvalue weighted by Crippen LogP contribution is -2.36. The molecule has 2 nitrogen and oxygen atoms in total. The van der Waals surface area contributed by atoms with Crippen LogP contribution in [0.25, 0.3) is 0 Å². The van der Waals surface area contributed by atoms with Crippen LogP contribution in [0.15, 0.2) is 18.2 Å². The molecule has 1 aromatic carbocycles. The number of quaternary nitrogens is 1. The Hall–Kier alpha value is -1.09. The molecule has 1 rings (SSSR count). The van der Waals surface area contributed by atoms with Crippen molar-refractivity contribution in [1.29, 1.82) is 0 Å². The molecule has 0 bridgehead atoms. The summed E-state index contributed by atoms with van der Waals surface area (Å²) in [6, 6.07) is 4.87. The number of likely N-dealkylation sites (N-methyl/N-ethyl adjacent to an activating group) is 1. The van der Waals surface area contributed by atoms with E-state index >= 15 is 0 Å². The first-order chi connectivity index (χ1) is 6.92. The van der Waals surface area contributed by atoms with Gasteiger partial charge < -0.3 is 9.22 Å². The van der Waals surface area contributed by atoms with E-state index in [0.29, 0.717) is 5.75 Å². The van der Waals surface area contributed by atoms with Crippen LogP contribution < -0.4 is 4.74 Å². The van der Waals surface area contributed by atoms with Crippen LogP contribution in [0.3, 0.4) is 0 Å². The molecule has 0 heterocycles. The Labute approximate surface area is 90.9 Å². The number of nitrogens with zero attached hydrogens (tertiary/aromatic N) is 1. The minimum atomic E-state index is -0.149. The zero-order chi connectivity index (χ0) is 11.5. The van der Waals surface area contributed by atoms with Gasteiger partial charge in [0.1, 0.15) is 11.6 Å². The van der Waals surface area contributed by atoms with Crippen LogP contribution in [-0.4, -0.2) is 39.3 Å². The first-order valence-electron chi connectivity index (χ1n) is 5.05. The van der Waals surface area contributed by atoms with Gasteiger partial charge in [-0.25, -0.2) is 4.39 Å². The highest BCUT2D eigenvalue weighted by Gasteiger charge is 2.10. The summed E-state index contributed by atoms with van der Waals surface area (Å²) in [4.78, 5) is 0. The molecule has 0 aliphatic heterocycles. The molecule has 0 unspecified atom stereocenters. The topological polar surface area (TPSA) is 9.23 Å². The van der Waals surface area contributed by atoms with Crippen LogP contribution >= 0.6 is 0 Å². The molecule has 0 N–H and O–H groups in total. The van der Waals surface area contributed by atoms with Crippen molar-refractivity contribution in [3.8, 4) is 5.75 Å². The van der Waals surface area contributed by atoms with E-state index in [1.165, 1.54) is 6.07 Å². The van der Waals surface area contributed by atoms with E-state index in [2.05, 4.69) is 21.1 Å². The zero-order valence-corrected chi connectivity index (χ0v) is 9.88.